The van der Waals surface area contributed by atoms with Gasteiger partial charge in [0.05, 0.1) is 13.1 Å². The number of guanidine groups is 1. The van der Waals surface area contributed by atoms with Crippen LogP contribution < -0.4 is 10.6 Å². The Labute approximate surface area is 173 Å². The Balaban J connectivity index is 1.66. The number of methoxy groups -OCH3 is 1. The minimum absolute atomic E-state index is 0.273. The van der Waals surface area contributed by atoms with Crippen molar-refractivity contribution in [3.8, 4) is 0 Å². The van der Waals surface area contributed by atoms with E-state index in [0.29, 0.717) is 13.2 Å². The highest BCUT2D eigenvalue weighted by atomic mass is 16.5. The summed E-state index contributed by atoms with van der Waals surface area (Å²) < 4.78 is 7.14. The van der Waals surface area contributed by atoms with Crippen LogP contribution in [0, 0.1) is 0 Å². The van der Waals surface area contributed by atoms with Gasteiger partial charge in [-0.05, 0) is 38.6 Å². The predicted octanol–water partition coefficient (Wildman–Crippen LogP) is 1.56. The molecule has 2 aromatic rings. The van der Waals surface area contributed by atoms with Gasteiger partial charge in [0, 0.05) is 32.7 Å². The average Bonchev–Trinajstić information content (AvgIpc) is 3.09. The molecule has 0 aliphatic carbocycles. The van der Waals surface area contributed by atoms with Gasteiger partial charge in [-0.15, -0.1) is 0 Å². The van der Waals surface area contributed by atoms with Crippen molar-refractivity contribution in [3.05, 3.63) is 47.0 Å². The molecule has 8 nitrogen and oxygen atoms in total. The summed E-state index contributed by atoms with van der Waals surface area (Å²) in [4.78, 5) is 11.6. The van der Waals surface area contributed by atoms with Crippen LogP contribution in [0.1, 0.15) is 36.1 Å². The lowest BCUT2D eigenvalue weighted by Gasteiger charge is -2.25. The third kappa shape index (κ3) is 6.01. The van der Waals surface area contributed by atoms with Crippen molar-refractivity contribution >= 4 is 5.96 Å². The van der Waals surface area contributed by atoms with Gasteiger partial charge in [-0.1, -0.05) is 24.3 Å². The van der Waals surface area contributed by atoms with Gasteiger partial charge in [-0.25, -0.2) is 14.7 Å². The van der Waals surface area contributed by atoms with E-state index in [1.54, 1.807) is 7.11 Å². The van der Waals surface area contributed by atoms with E-state index in [4.69, 9.17) is 9.73 Å². The second-order valence-electron chi connectivity index (χ2n) is 7.64. The fraction of sp³-hybridized carbons (Fsp3) is 0.571. The number of aliphatic imine (C=N–C) groups is 1. The molecular formula is C21H33N7O. The van der Waals surface area contributed by atoms with Crippen LogP contribution in [0.4, 0.5) is 0 Å². The molecule has 158 valence electrons. The first-order valence-corrected chi connectivity index (χ1v) is 10.3. The normalized spacial score (nSPS) is 16.7. The van der Waals surface area contributed by atoms with Gasteiger partial charge < -0.3 is 20.3 Å². The summed E-state index contributed by atoms with van der Waals surface area (Å²) >= 11 is 0. The van der Waals surface area contributed by atoms with Crippen LogP contribution in [-0.4, -0.2) is 59.4 Å². The molecule has 8 heteroatoms. The number of ether oxygens (including phenoxy) is 1. The molecule has 29 heavy (non-hydrogen) atoms. The van der Waals surface area contributed by atoms with Crippen LogP contribution in [0.3, 0.4) is 0 Å². The minimum atomic E-state index is 0.273. The molecule has 1 aliphatic rings. The van der Waals surface area contributed by atoms with E-state index in [1.807, 2.05) is 4.68 Å². The zero-order valence-corrected chi connectivity index (χ0v) is 18.0. The molecule has 2 heterocycles. The van der Waals surface area contributed by atoms with Crippen molar-refractivity contribution in [1.82, 2.24) is 30.3 Å². The molecule has 1 atom stereocenters. The molecule has 1 aromatic carbocycles. The van der Waals surface area contributed by atoms with Gasteiger partial charge in [0.2, 0.25) is 0 Å². The van der Waals surface area contributed by atoms with Crippen molar-refractivity contribution < 1.29 is 4.74 Å². The lowest BCUT2D eigenvalue weighted by Crippen LogP contribution is -2.47. The molecule has 0 spiro atoms. The van der Waals surface area contributed by atoms with Gasteiger partial charge >= 0.3 is 0 Å². The molecule has 1 unspecified atom stereocenters. The first kappa shape index (κ1) is 21.3. The monoisotopic (exact) mass is 399 g/mol. The van der Waals surface area contributed by atoms with Crippen LogP contribution in [-0.2, 0) is 37.4 Å². The minimum Gasteiger partial charge on any atom is -0.377 e. The number of rotatable bonds is 8. The number of benzene rings is 1. The molecular weight excluding hydrogens is 366 g/mol. The van der Waals surface area contributed by atoms with Gasteiger partial charge in [0.15, 0.2) is 11.8 Å². The summed E-state index contributed by atoms with van der Waals surface area (Å²) in [6.07, 6.45) is 1.91. The molecule has 0 radical (unpaired) electrons. The van der Waals surface area contributed by atoms with Crippen LogP contribution in [0.5, 0.6) is 0 Å². The highest BCUT2D eigenvalue weighted by Gasteiger charge is 2.22. The smallest absolute Gasteiger partial charge is 0.191 e. The van der Waals surface area contributed by atoms with E-state index in [2.05, 4.69) is 70.9 Å². The van der Waals surface area contributed by atoms with E-state index in [0.717, 1.165) is 50.1 Å². The average molecular weight is 400 g/mol. The van der Waals surface area contributed by atoms with Crippen molar-refractivity contribution in [2.24, 2.45) is 4.99 Å². The quantitative estimate of drug-likeness (QED) is 0.518. The molecule has 3 rings (SSSR count). The van der Waals surface area contributed by atoms with E-state index in [-0.39, 0.29) is 6.04 Å². The third-order valence-corrected chi connectivity index (χ3v) is 4.87. The second-order valence-corrected chi connectivity index (χ2v) is 7.64. The molecule has 0 amide bonds. The number of fused-ring (bicyclic) bond motifs is 1. The van der Waals surface area contributed by atoms with Gasteiger partial charge in [0.1, 0.15) is 12.4 Å². The van der Waals surface area contributed by atoms with Gasteiger partial charge in [-0.2, -0.15) is 5.10 Å². The molecule has 1 aliphatic heterocycles. The molecule has 0 saturated carbocycles. The standard InChI is InChI=1S/C21H33N7O/c1-5-22-21(23-12-16-8-6-7-9-17(16)13-27(2)3)24-18-10-11-20-25-19(15-29-4)26-28(20)14-18/h6-9,18H,5,10-15H2,1-4H3,(H2,22,23,24). The Hall–Kier alpha value is -2.45. The number of aromatic nitrogens is 3. The zero-order valence-electron chi connectivity index (χ0n) is 18.0. The summed E-state index contributed by atoms with van der Waals surface area (Å²) in [5.41, 5.74) is 2.57. The first-order chi connectivity index (χ1) is 14.1. The Morgan fingerprint density at radius 3 is 2.83 bits per heavy atom. The SMILES string of the molecule is CCNC(=NCc1ccccc1CN(C)C)NC1CCc2nc(COC)nn2C1. The summed E-state index contributed by atoms with van der Waals surface area (Å²) in [7, 11) is 5.84. The maximum atomic E-state index is 5.15. The van der Waals surface area contributed by atoms with Gasteiger partial charge in [0.25, 0.3) is 0 Å². The fourth-order valence-corrected chi connectivity index (χ4v) is 3.55. The summed E-state index contributed by atoms with van der Waals surface area (Å²) in [5.74, 6) is 2.63. The van der Waals surface area contributed by atoms with Crippen LogP contribution in [0.2, 0.25) is 0 Å². The maximum Gasteiger partial charge on any atom is 0.191 e. The topological polar surface area (TPSA) is 79.6 Å². The molecule has 1 aromatic heterocycles. The van der Waals surface area contributed by atoms with Crippen LogP contribution >= 0.6 is 0 Å². The maximum absolute atomic E-state index is 5.15. The summed E-state index contributed by atoms with van der Waals surface area (Å²) in [6.45, 7) is 5.72. The highest BCUT2D eigenvalue weighted by Crippen LogP contribution is 2.14. The lowest BCUT2D eigenvalue weighted by molar-refractivity contribution is 0.177. The lowest BCUT2D eigenvalue weighted by atomic mass is 10.1. The largest absolute Gasteiger partial charge is 0.377 e. The zero-order chi connectivity index (χ0) is 20.6. The predicted molar refractivity (Wildman–Crippen MR) is 115 cm³/mol. The fourth-order valence-electron chi connectivity index (χ4n) is 3.55. The number of nitrogens with zero attached hydrogens (tertiary/aromatic N) is 5. The van der Waals surface area contributed by atoms with Crippen molar-refractivity contribution in [2.75, 3.05) is 27.7 Å². The third-order valence-electron chi connectivity index (χ3n) is 4.87. The second kappa shape index (κ2) is 10.4. The summed E-state index contributed by atoms with van der Waals surface area (Å²) in [5, 5.41) is 11.5. The van der Waals surface area contributed by atoms with Crippen molar-refractivity contribution in [2.45, 2.75) is 52.0 Å². The van der Waals surface area contributed by atoms with E-state index in [1.165, 1.54) is 11.1 Å². The van der Waals surface area contributed by atoms with Crippen LogP contribution in [0.25, 0.3) is 0 Å². The highest BCUT2D eigenvalue weighted by molar-refractivity contribution is 5.80. The Morgan fingerprint density at radius 2 is 2.10 bits per heavy atom. The van der Waals surface area contributed by atoms with E-state index in [9.17, 15) is 0 Å². The number of nitrogens with one attached hydrogen (secondary N) is 2. The molecule has 0 bridgehead atoms. The van der Waals surface area contributed by atoms with E-state index >= 15 is 0 Å². The first-order valence-electron chi connectivity index (χ1n) is 10.3. The van der Waals surface area contributed by atoms with Gasteiger partial charge in [-0.3, -0.25) is 0 Å². The molecule has 0 fully saturated rings. The molecule has 0 saturated heterocycles. The van der Waals surface area contributed by atoms with Crippen molar-refractivity contribution in [3.63, 3.8) is 0 Å². The van der Waals surface area contributed by atoms with E-state index < -0.39 is 0 Å². The van der Waals surface area contributed by atoms with Crippen molar-refractivity contribution in [1.29, 1.82) is 0 Å². The number of aryl methyl sites for hydroxylation is 1. The van der Waals surface area contributed by atoms with Crippen LogP contribution in [0.15, 0.2) is 29.3 Å². The Kier molecular flexibility index (Phi) is 7.60. The Bertz CT molecular complexity index is 815. The molecule has 2 N–H and O–H groups in total. The summed E-state index contributed by atoms with van der Waals surface area (Å²) in [6, 6.07) is 8.77. The number of hydrogen-bond donors (Lipinski definition) is 2. The Morgan fingerprint density at radius 1 is 1.31 bits per heavy atom. The number of hydrogen-bond acceptors (Lipinski definition) is 5.